The molecule has 6 heteroatoms. The van der Waals surface area contributed by atoms with Crippen molar-refractivity contribution in [2.75, 3.05) is 20.2 Å². The Morgan fingerprint density at radius 2 is 1.67 bits per heavy atom. The molecule has 0 fully saturated rings. The van der Waals surface area contributed by atoms with E-state index in [0.717, 1.165) is 11.1 Å². The van der Waals surface area contributed by atoms with Crippen molar-refractivity contribution in [1.82, 2.24) is 4.90 Å². The van der Waals surface area contributed by atoms with Crippen molar-refractivity contribution < 1.29 is 14.3 Å². The van der Waals surface area contributed by atoms with Gasteiger partial charge in [-0.25, -0.2) is 0 Å². The van der Waals surface area contributed by atoms with Gasteiger partial charge in [0, 0.05) is 30.2 Å². The Bertz CT molecular complexity index is 962. The third kappa shape index (κ3) is 5.75. The molecule has 0 saturated carbocycles. The smallest absolute Gasteiger partial charge is 0.254 e. The van der Waals surface area contributed by atoms with E-state index >= 15 is 0 Å². The summed E-state index contributed by atoms with van der Waals surface area (Å²) in [5.41, 5.74) is 8.32. The van der Waals surface area contributed by atoms with Gasteiger partial charge in [-0.05, 0) is 47.5 Å². The zero-order valence-electron chi connectivity index (χ0n) is 16.9. The monoisotopic (exact) mass is 424 g/mol. The Morgan fingerprint density at radius 3 is 2.33 bits per heavy atom. The van der Waals surface area contributed by atoms with Crippen molar-refractivity contribution in [1.29, 1.82) is 0 Å². The molecule has 30 heavy (non-hydrogen) atoms. The highest BCUT2D eigenvalue weighted by Crippen LogP contribution is 2.29. The number of rotatable bonds is 9. The molecule has 0 aromatic heterocycles. The van der Waals surface area contributed by atoms with Crippen LogP contribution in [-0.4, -0.2) is 31.0 Å². The van der Waals surface area contributed by atoms with E-state index in [1.54, 1.807) is 24.1 Å². The first-order valence-electron chi connectivity index (χ1n) is 9.69. The molecule has 0 aliphatic carbocycles. The molecular weight excluding hydrogens is 400 g/mol. The van der Waals surface area contributed by atoms with Crippen molar-refractivity contribution in [2.24, 2.45) is 5.73 Å². The van der Waals surface area contributed by atoms with Gasteiger partial charge in [-0.15, -0.1) is 0 Å². The number of halogens is 1. The Labute approximate surface area is 182 Å². The number of amides is 1. The molecule has 0 aliphatic heterocycles. The molecule has 3 aromatic rings. The van der Waals surface area contributed by atoms with E-state index in [9.17, 15) is 4.79 Å². The topological polar surface area (TPSA) is 64.8 Å². The number of hydrogen-bond acceptors (Lipinski definition) is 4. The molecule has 0 heterocycles. The third-order valence-electron chi connectivity index (χ3n) is 4.62. The molecule has 1 amide bonds. The van der Waals surface area contributed by atoms with E-state index in [1.807, 2.05) is 60.7 Å². The highest BCUT2D eigenvalue weighted by molar-refractivity contribution is 6.30. The maximum absolute atomic E-state index is 12.8. The number of carbonyl (C=O) groups excluding carboxylic acids is 1. The van der Waals surface area contributed by atoms with Gasteiger partial charge in [-0.1, -0.05) is 48.0 Å². The zero-order valence-corrected chi connectivity index (χ0v) is 17.6. The molecule has 5 nitrogen and oxygen atoms in total. The second-order valence-corrected chi connectivity index (χ2v) is 7.22. The normalized spacial score (nSPS) is 10.5. The van der Waals surface area contributed by atoms with Crippen molar-refractivity contribution in [3.05, 3.63) is 94.5 Å². The molecule has 0 unspecified atom stereocenters. The van der Waals surface area contributed by atoms with E-state index in [0.29, 0.717) is 48.3 Å². The van der Waals surface area contributed by atoms with Crippen LogP contribution in [0.3, 0.4) is 0 Å². The number of ether oxygens (including phenoxy) is 2. The largest absolute Gasteiger partial charge is 0.493 e. The average Bonchev–Trinajstić information content (AvgIpc) is 2.79. The van der Waals surface area contributed by atoms with Gasteiger partial charge in [-0.2, -0.15) is 0 Å². The molecule has 0 atom stereocenters. The lowest BCUT2D eigenvalue weighted by atomic mass is 10.1. The fraction of sp³-hybridized carbons (Fsp3) is 0.208. The Morgan fingerprint density at radius 1 is 0.967 bits per heavy atom. The van der Waals surface area contributed by atoms with E-state index in [-0.39, 0.29) is 5.91 Å². The molecule has 2 N–H and O–H groups in total. The first-order valence-corrected chi connectivity index (χ1v) is 10.1. The maximum Gasteiger partial charge on any atom is 0.254 e. The summed E-state index contributed by atoms with van der Waals surface area (Å²) >= 11 is 5.92. The summed E-state index contributed by atoms with van der Waals surface area (Å²) in [6.07, 6.45) is 0. The van der Waals surface area contributed by atoms with E-state index in [4.69, 9.17) is 26.8 Å². The Kier molecular flexibility index (Phi) is 7.71. The van der Waals surface area contributed by atoms with Gasteiger partial charge in [0.2, 0.25) is 0 Å². The number of benzene rings is 3. The van der Waals surface area contributed by atoms with Crippen LogP contribution < -0.4 is 15.2 Å². The van der Waals surface area contributed by atoms with Gasteiger partial charge < -0.3 is 20.1 Å². The summed E-state index contributed by atoms with van der Waals surface area (Å²) in [4.78, 5) is 14.6. The number of hydrogen-bond donors (Lipinski definition) is 1. The number of methoxy groups -OCH3 is 1. The number of nitrogens with zero attached hydrogens (tertiary/aromatic N) is 1. The quantitative estimate of drug-likeness (QED) is 0.548. The first-order chi connectivity index (χ1) is 14.6. The summed E-state index contributed by atoms with van der Waals surface area (Å²) in [6, 6.07) is 22.4. The highest BCUT2D eigenvalue weighted by atomic mass is 35.5. The fourth-order valence-corrected chi connectivity index (χ4v) is 3.19. The minimum atomic E-state index is -0.0527. The molecule has 0 bridgehead atoms. The molecule has 0 aliphatic rings. The van der Waals surface area contributed by atoms with Crippen LogP contribution in [0, 0.1) is 0 Å². The van der Waals surface area contributed by atoms with E-state index < -0.39 is 0 Å². The van der Waals surface area contributed by atoms with Crippen molar-refractivity contribution in [2.45, 2.75) is 13.2 Å². The third-order valence-corrected chi connectivity index (χ3v) is 4.87. The van der Waals surface area contributed by atoms with Crippen molar-refractivity contribution >= 4 is 17.5 Å². The zero-order chi connectivity index (χ0) is 21.3. The van der Waals surface area contributed by atoms with E-state index in [2.05, 4.69) is 0 Å². The van der Waals surface area contributed by atoms with Crippen LogP contribution in [0.1, 0.15) is 21.5 Å². The minimum absolute atomic E-state index is 0.0527. The lowest BCUT2D eigenvalue weighted by Gasteiger charge is -2.23. The van der Waals surface area contributed by atoms with Gasteiger partial charge in [0.1, 0.15) is 6.61 Å². The summed E-state index contributed by atoms with van der Waals surface area (Å²) < 4.78 is 11.4. The van der Waals surface area contributed by atoms with Gasteiger partial charge in [0.05, 0.1) is 7.11 Å². The fourth-order valence-electron chi connectivity index (χ4n) is 3.06. The lowest BCUT2D eigenvalue weighted by molar-refractivity contribution is 0.0748. The molecule has 156 valence electrons. The van der Waals surface area contributed by atoms with Crippen molar-refractivity contribution in [3.8, 4) is 11.5 Å². The molecule has 3 rings (SSSR count). The Hall–Kier alpha value is -3.02. The predicted molar refractivity (Wildman–Crippen MR) is 119 cm³/mol. The van der Waals surface area contributed by atoms with Gasteiger partial charge in [0.25, 0.3) is 5.91 Å². The standard InChI is InChI=1S/C24H25ClN2O3/c1-29-23-15-19(9-12-22(23)30-17-18-7-10-21(25)11-8-18)16-27(14-13-26)24(28)20-5-3-2-4-6-20/h2-12,15H,13-14,16-17,26H2,1H3. The molecule has 0 saturated heterocycles. The molecule has 3 aromatic carbocycles. The SMILES string of the molecule is COc1cc(CN(CCN)C(=O)c2ccccc2)ccc1OCc1ccc(Cl)cc1. The summed E-state index contributed by atoms with van der Waals surface area (Å²) in [6.45, 7) is 1.68. The maximum atomic E-state index is 12.8. The van der Waals surface area contributed by atoms with Crippen LogP contribution in [0.4, 0.5) is 0 Å². The van der Waals surface area contributed by atoms with Crippen LogP contribution >= 0.6 is 11.6 Å². The predicted octanol–water partition coefficient (Wildman–Crippen LogP) is 4.53. The van der Waals surface area contributed by atoms with Crippen LogP contribution in [0.25, 0.3) is 0 Å². The number of carbonyl (C=O) groups is 1. The summed E-state index contributed by atoms with van der Waals surface area (Å²) in [7, 11) is 1.60. The average molecular weight is 425 g/mol. The molecule has 0 spiro atoms. The van der Waals surface area contributed by atoms with Crippen LogP contribution in [0.5, 0.6) is 11.5 Å². The second-order valence-electron chi connectivity index (χ2n) is 6.78. The first kappa shape index (κ1) is 21.7. The summed E-state index contributed by atoms with van der Waals surface area (Å²) in [5, 5.41) is 0.688. The second kappa shape index (κ2) is 10.7. The van der Waals surface area contributed by atoms with Gasteiger partial charge >= 0.3 is 0 Å². The Balaban J connectivity index is 1.72. The number of nitrogens with two attached hydrogens (primary N) is 1. The summed E-state index contributed by atoms with van der Waals surface area (Å²) in [5.74, 6) is 1.19. The van der Waals surface area contributed by atoms with Crippen LogP contribution in [0.15, 0.2) is 72.8 Å². The molecular formula is C24H25ClN2O3. The van der Waals surface area contributed by atoms with Gasteiger partial charge in [-0.3, -0.25) is 4.79 Å². The lowest BCUT2D eigenvalue weighted by Crippen LogP contribution is -2.34. The van der Waals surface area contributed by atoms with Crippen LogP contribution in [-0.2, 0) is 13.2 Å². The minimum Gasteiger partial charge on any atom is -0.493 e. The van der Waals surface area contributed by atoms with Crippen molar-refractivity contribution in [3.63, 3.8) is 0 Å². The van der Waals surface area contributed by atoms with Gasteiger partial charge in [0.15, 0.2) is 11.5 Å². The highest BCUT2D eigenvalue weighted by Gasteiger charge is 2.16. The van der Waals surface area contributed by atoms with Crippen LogP contribution in [0.2, 0.25) is 5.02 Å². The van der Waals surface area contributed by atoms with E-state index in [1.165, 1.54) is 0 Å². The molecule has 0 radical (unpaired) electrons.